The zero-order valence-electron chi connectivity index (χ0n) is 19.6. The van der Waals surface area contributed by atoms with Crippen LogP contribution in [-0.2, 0) is 45.9 Å². The fourth-order valence-corrected chi connectivity index (χ4v) is 6.25. The van der Waals surface area contributed by atoms with E-state index in [9.17, 15) is 9.59 Å². The number of fused-ring (bicyclic) bond motifs is 2. The van der Waals surface area contributed by atoms with Crippen molar-refractivity contribution in [3.63, 3.8) is 0 Å². The number of carbonyl (C=O) groups is 2. The van der Waals surface area contributed by atoms with Crippen LogP contribution in [0.5, 0.6) is 0 Å². The Kier molecular flexibility index (Phi) is 8.51. The number of hydrogen-bond acceptors (Lipinski definition) is 6. The van der Waals surface area contributed by atoms with Crippen LogP contribution >= 0.6 is 0 Å². The molecule has 7 fully saturated rings. The molecule has 0 N–H and O–H groups in total. The Hall–Kier alpha value is -0.461. The van der Waals surface area contributed by atoms with Gasteiger partial charge in [-0.05, 0) is 96.3 Å². The van der Waals surface area contributed by atoms with Gasteiger partial charge in [-0.3, -0.25) is 9.59 Å². The van der Waals surface area contributed by atoms with E-state index >= 15 is 0 Å². The van der Waals surface area contributed by atoms with Crippen LogP contribution in [0.4, 0.5) is 0 Å². The molecule has 7 heteroatoms. The molecular weight excluding hydrogens is 476 g/mol. The first-order chi connectivity index (χ1) is 15.9. The Morgan fingerprint density at radius 3 is 2.32 bits per heavy atom. The van der Waals surface area contributed by atoms with Crippen molar-refractivity contribution >= 4 is 11.8 Å². The summed E-state index contributed by atoms with van der Waals surface area (Å²) in [5, 5.41) is 0. The second-order valence-electron chi connectivity index (χ2n) is 10.1. The van der Waals surface area contributed by atoms with Crippen molar-refractivity contribution < 1.29 is 45.9 Å². The molecular formula is C27H32FeO6+2. The molecule has 0 aromatic heterocycles. The summed E-state index contributed by atoms with van der Waals surface area (Å²) in [6.07, 6.45) is 20.9. The number of ether oxygens (including phenoxy) is 2. The Morgan fingerprint density at radius 1 is 0.971 bits per heavy atom. The molecule has 7 atom stereocenters. The van der Waals surface area contributed by atoms with Crippen molar-refractivity contribution in [2.45, 2.75) is 70.1 Å². The number of ketones is 1. The van der Waals surface area contributed by atoms with Gasteiger partial charge >= 0.3 is 23.0 Å². The van der Waals surface area contributed by atoms with E-state index in [1.165, 1.54) is 0 Å². The van der Waals surface area contributed by atoms with Crippen molar-refractivity contribution in [1.29, 1.82) is 0 Å². The average Bonchev–Trinajstić information content (AvgIpc) is 3.51. The Bertz CT molecular complexity index is 727. The Morgan fingerprint density at radius 2 is 1.65 bits per heavy atom. The molecule has 4 heterocycles. The third-order valence-electron chi connectivity index (χ3n) is 8.01. The number of hydrogen-bond donors (Lipinski definition) is 0. The van der Waals surface area contributed by atoms with Crippen molar-refractivity contribution in [2.24, 2.45) is 23.7 Å². The van der Waals surface area contributed by atoms with Crippen molar-refractivity contribution in [2.75, 3.05) is 0 Å². The predicted molar refractivity (Wildman–Crippen MR) is 119 cm³/mol. The molecule has 34 heavy (non-hydrogen) atoms. The molecule has 0 aromatic carbocycles. The number of carbonyl (C=O) groups excluding carboxylic acids is 2. The molecule has 3 aliphatic carbocycles. The van der Waals surface area contributed by atoms with Gasteiger partial charge in [0.15, 0.2) is 5.60 Å². The molecule has 0 aromatic rings. The van der Waals surface area contributed by atoms with Gasteiger partial charge in [0, 0.05) is 30.6 Å². The van der Waals surface area contributed by atoms with Gasteiger partial charge in [-0.1, -0.05) is 6.92 Å². The van der Waals surface area contributed by atoms with E-state index in [4.69, 9.17) is 19.2 Å². The summed E-state index contributed by atoms with van der Waals surface area (Å²) >= 11 is 0. The standard InChI is InChI=1S/C22H27O6.C5H5.Fe/c1-13-7-9-17-15(8-10-18(23)14-5-3-4-6-14)19(24)25-20-22(17)16(13)11-12-21(2,26-20)27-28-22;1-2-4-5-3-1;/h3-6,13,15-17,20H,7-12H2,1-2H3;1-5H;/q;;+2/t13-,15+,16+,17+,20-,21-,22-;;/m1../s1. The van der Waals surface area contributed by atoms with E-state index in [0.29, 0.717) is 31.1 Å². The maximum atomic E-state index is 12.9. The zero-order chi connectivity index (χ0) is 23.1. The fraction of sp³-hybridized carbons (Fsp3) is 0.556. The molecule has 0 amide bonds. The maximum absolute atomic E-state index is 12.9. The molecule has 7 rings (SSSR count). The summed E-state index contributed by atoms with van der Waals surface area (Å²) < 4.78 is 11.9. The third kappa shape index (κ3) is 4.89. The number of rotatable bonds is 4. The van der Waals surface area contributed by atoms with E-state index < -0.39 is 17.7 Å². The average molecular weight is 508 g/mol. The quantitative estimate of drug-likeness (QED) is 0.323. The Labute approximate surface area is 215 Å². The summed E-state index contributed by atoms with van der Waals surface area (Å²) in [7, 11) is 0. The van der Waals surface area contributed by atoms with Gasteiger partial charge in [0.2, 0.25) is 12.1 Å². The molecule has 4 aliphatic heterocycles. The van der Waals surface area contributed by atoms with E-state index in [-0.39, 0.29) is 46.6 Å². The zero-order valence-corrected chi connectivity index (χ0v) is 20.7. The van der Waals surface area contributed by atoms with Crippen LogP contribution in [-0.4, -0.2) is 29.4 Å². The van der Waals surface area contributed by atoms with Crippen molar-refractivity contribution in [1.82, 2.24) is 0 Å². The first-order valence-corrected chi connectivity index (χ1v) is 12.1. The van der Waals surface area contributed by atoms with Crippen LogP contribution in [0, 0.1) is 87.4 Å². The summed E-state index contributed by atoms with van der Waals surface area (Å²) in [6, 6.07) is 0. The van der Waals surface area contributed by atoms with Gasteiger partial charge in [-0.2, -0.15) is 0 Å². The Balaban J connectivity index is 0.000000407. The van der Waals surface area contributed by atoms with Crippen LogP contribution in [0.3, 0.4) is 0 Å². The molecule has 10 radical (unpaired) electrons. The maximum Gasteiger partial charge on any atom is 2.00 e. The normalized spacial score (nSPS) is 43.1. The molecule has 0 unspecified atom stereocenters. The molecule has 7 aliphatic rings. The van der Waals surface area contributed by atoms with Gasteiger partial charge in [0.1, 0.15) is 5.78 Å². The summed E-state index contributed by atoms with van der Waals surface area (Å²) in [6.45, 7) is 4.08. The first kappa shape index (κ1) is 26.6. The van der Waals surface area contributed by atoms with Gasteiger partial charge < -0.3 is 9.47 Å². The molecule has 6 nitrogen and oxygen atoms in total. The molecule has 3 saturated carbocycles. The predicted octanol–water partition coefficient (Wildman–Crippen LogP) is 4.15. The minimum atomic E-state index is -0.877. The topological polar surface area (TPSA) is 71.1 Å². The van der Waals surface area contributed by atoms with E-state index in [0.717, 1.165) is 19.3 Å². The van der Waals surface area contributed by atoms with Gasteiger partial charge in [0.25, 0.3) is 0 Å². The van der Waals surface area contributed by atoms with Crippen LogP contribution in [0.2, 0.25) is 0 Å². The summed E-state index contributed by atoms with van der Waals surface area (Å²) in [5.41, 5.74) is -0.768. The molecule has 4 saturated heterocycles. The van der Waals surface area contributed by atoms with Crippen molar-refractivity contribution in [3.8, 4) is 0 Å². The molecule has 2 bridgehead atoms. The van der Waals surface area contributed by atoms with Crippen molar-refractivity contribution in [3.05, 3.63) is 63.7 Å². The fourth-order valence-electron chi connectivity index (χ4n) is 6.25. The van der Waals surface area contributed by atoms with Gasteiger partial charge in [0.05, 0.1) is 5.92 Å². The number of esters is 1. The number of Topliss-reactive ketones (excluding diaryl/α,β-unsaturated/α-hetero) is 1. The van der Waals surface area contributed by atoms with E-state index in [1.807, 2.05) is 64.7 Å². The second-order valence-corrected chi connectivity index (χ2v) is 10.1. The molecule has 1 spiro atoms. The van der Waals surface area contributed by atoms with Gasteiger partial charge in [-0.25, -0.2) is 9.78 Å². The van der Waals surface area contributed by atoms with Crippen LogP contribution in [0.15, 0.2) is 0 Å². The SMILES string of the molecule is C[C@@H]1CC[C@H]2[C@H](CCC(=O)[C]3[CH][CH][CH][CH]3)C(=O)O[C@@H]3O[C@@]4(C)CC[C@@H]1[C@]32OO4.[CH]1[CH][CH][CH][CH]1.[Fe+2]. The third-order valence-corrected chi connectivity index (χ3v) is 8.01. The van der Waals surface area contributed by atoms with Crippen LogP contribution in [0.1, 0.15) is 52.4 Å². The van der Waals surface area contributed by atoms with Gasteiger partial charge in [-0.15, -0.1) is 0 Å². The van der Waals surface area contributed by atoms with E-state index in [2.05, 4.69) is 6.92 Å². The van der Waals surface area contributed by atoms with Crippen LogP contribution < -0.4 is 0 Å². The van der Waals surface area contributed by atoms with E-state index in [1.54, 1.807) is 0 Å². The minimum absolute atomic E-state index is 0. The monoisotopic (exact) mass is 508 g/mol. The second kappa shape index (κ2) is 10.9. The summed E-state index contributed by atoms with van der Waals surface area (Å²) in [5.74, 6) is -0.182. The smallest absolute Gasteiger partial charge is 0.432 e. The summed E-state index contributed by atoms with van der Waals surface area (Å²) in [4.78, 5) is 37.2. The largest absolute Gasteiger partial charge is 2.00 e. The minimum Gasteiger partial charge on any atom is -0.432 e. The van der Waals surface area contributed by atoms with Crippen LogP contribution in [0.25, 0.3) is 0 Å². The molecule has 182 valence electrons. The first-order valence-electron chi connectivity index (χ1n) is 12.1.